The number of hydrogen-bond donors (Lipinski definition) is 3. The summed E-state index contributed by atoms with van der Waals surface area (Å²) in [6.45, 7) is 5.32. The molecule has 1 heterocycles. The largest absolute Gasteiger partial charge is 0.356 e. The van der Waals surface area contributed by atoms with E-state index >= 15 is 0 Å². The molecule has 1 aromatic rings. The Labute approximate surface area is 171 Å². The van der Waals surface area contributed by atoms with Gasteiger partial charge in [-0.05, 0) is 26.7 Å². The number of thiazole rings is 1. The second-order valence-electron chi connectivity index (χ2n) is 6.25. The van der Waals surface area contributed by atoms with Crippen LogP contribution in [0.5, 0.6) is 0 Å². The molecule has 0 radical (unpaired) electrons. The maximum Gasteiger partial charge on any atom is 0.221 e. The molecule has 25 heavy (non-hydrogen) atoms. The molecule has 8 heteroatoms. The second kappa shape index (κ2) is 11.7. The number of guanidine groups is 1. The Morgan fingerprint density at radius 3 is 2.56 bits per heavy atom. The second-order valence-corrected chi connectivity index (χ2v) is 7.54. The summed E-state index contributed by atoms with van der Waals surface area (Å²) in [5.41, 5.74) is 1.08. The first-order chi connectivity index (χ1) is 11.6. The predicted molar refractivity (Wildman–Crippen MR) is 115 cm³/mol. The van der Waals surface area contributed by atoms with Crippen LogP contribution in [-0.2, 0) is 11.3 Å². The Hall–Kier alpha value is -0.900. The lowest BCUT2D eigenvalue weighted by Gasteiger charge is -2.22. The van der Waals surface area contributed by atoms with E-state index in [0.29, 0.717) is 31.5 Å². The third-order valence-electron chi connectivity index (χ3n) is 4.32. The van der Waals surface area contributed by atoms with E-state index in [9.17, 15) is 4.79 Å². The highest BCUT2D eigenvalue weighted by molar-refractivity contribution is 14.0. The third kappa shape index (κ3) is 7.89. The average molecular weight is 479 g/mol. The summed E-state index contributed by atoms with van der Waals surface area (Å²) >= 11 is 1.69. The molecule has 1 amide bonds. The van der Waals surface area contributed by atoms with Gasteiger partial charge in [0.25, 0.3) is 0 Å². The van der Waals surface area contributed by atoms with Gasteiger partial charge in [-0.15, -0.1) is 35.3 Å². The fourth-order valence-corrected chi connectivity index (χ4v) is 3.71. The normalized spacial score (nSPS) is 15.4. The monoisotopic (exact) mass is 479 g/mol. The molecule has 0 aliphatic heterocycles. The first-order valence-corrected chi connectivity index (χ1v) is 9.57. The van der Waals surface area contributed by atoms with Gasteiger partial charge in [-0.25, -0.2) is 4.98 Å². The van der Waals surface area contributed by atoms with E-state index in [1.165, 1.54) is 24.1 Å². The van der Waals surface area contributed by atoms with Gasteiger partial charge >= 0.3 is 0 Å². The number of carbonyl (C=O) groups excluding carboxylic acids is 1. The van der Waals surface area contributed by atoms with Gasteiger partial charge in [-0.1, -0.05) is 19.3 Å². The number of halogens is 1. The maximum absolute atomic E-state index is 12.0. The first-order valence-electron chi connectivity index (χ1n) is 8.75. The Balaban J connectivity index is 0.00000312. The summed E-state index contributed by atoms with van der Waals surface area (Å²) in [5.74, 6) is 0.821. The van der Waals surface area contributed by atoms with Gasteiger partial charge in [-0.2, -0.15) is 0 Å². The van der Waals surface area contributed by atoms with E-state index in [1.807, 2.05) is 6.92 Å². The van der Waals surface area contributed by atoms with Gasteiger partial charge in [0.2, 0.25) is 5.91 Å². The molecule has 3 N–H and O–H groups in total. The van der Waals surface area contributed by atoms with E-state index in [-0.39, 0.29) is 29.9 Å². The van der Waals surface area contributed by atoms with Crippen molar-refractivity contribution in [2.45, 2.75) is 65.0 Å². The molecule has 1 fully saturated rings. The average Bonchev–Trinajstić information content (AvgIpc) is 2.90. The Morgan fingerprint density at radius 1 is 1.24 bits per heavy atom. The van der Waals surface area contributed by atoms with Crippen LogP contribution in [0.1, 0.15) is 54.1 Å². The standard InChI is InChI=1S/C17H29N5OS.HI/c1-12-13(2)24-16(21-12)11-20-17(18-3)19-10-9-15(23)22-14-7-5-4-6-8-14;/h14H,4-11H2,1-3H3,(H,22,23)(H2,18,19,20);1H. The van der Waals surface area contributed by atoms with Crippen LogP contribution in [0.25, 0.3) is 0 Å². The molecule has 6 nitrogen and oxygen atoms in total. The van der Waals surface area contributed by atoms with Gasteiger partial charge in [0.15, 0.2) is 5.96 Å². The number of nitrogens with one attached hydrogen (secondary N) is 3. The molecular formula is C17H30IN5OS. The predicted octanol–water partition coefficient (Wildman–Crippen LogP) is 2.88. The summed E-state index contributed by atoms with van der Waals surface area (Å²) in [7, 11) is 1.73. The van der Waals surface area contributed by atoms with Crippen molar-refractivity contribution in [1.29, 1.82) is 0 Å². The van der Waals surface area contributed by atoms with Crippen molar-refractivity contribution >= 4 is 47.2 Å². The molecule has 0 bridgehead atoms. The number of amides is 1. The molecule has 0 unspecified atom stereocenters. The van der Waals surface area contributed by atoms with Crippen molar-refractivity contribution in [3.05, 3.63) is 15.6 Å². The number of aryl methyl sites for hydroxylation is 2. The lowest BCUT2D eigenvalue weighted by Crippen LogP contribution is -2.41. The molecule has 1 aliphatic rings. The van der Waals surface area contributed by atoms with Crippen molar-refractivity contribution in [3.63, 3.8) is 0 Å². The van der Waals surface area contributed by atoms with Gasteiger partial charge in [0, 0.05) is 30.9 Å². The summed E-state index contributed by atoms with van der Waals surface area (Å²) in [6, 6.07) is 0.375. The van der Waals surface area contributed by atoms with E-state index in [0.717, 1.165) is 23.5 Å². The quantitative estimate of drug-likeness (QED) is 0.333. The number of hydrogen-bond acceptors (Lipinski definition) is 4. The lowest BCUT2D eigenvalue weighted by molar-refractivity contribution is -0.121. The topological polar surface area (TPSA) is 78.4 Å². The van der Waals surface area contributed by atoms with Crippen LogP contribution >= 0.6 is 35.3 Å². The molecule has 1 saturated carbocycles. The van der Waals surface area contributed by atoms with Crippen molar-refractivity contribution in [1.82, 2.24) is 20.9 Å². The Morgan fingerprint density at radius 2 is 1.96 bits per heavy atom. The lowest BCUT2D eigenvalue weighted by atomic mass is 9.95. The SMILES string of the molecule is CN=C(NCCC(=O)NC1CCCCC1)NCc1nc(C)c(C)s1.I. The first kappa shape index (κ1) is 22.1. The number of carbonyl (C=O) groups is 1. The molecule has 1 aromatic heterocycles. The summed E-state index contributed by atoms with van der Waals surface area (Å²) < 4.78 is 0. The van der Waals surface area contributed by atoms with Gasteiger partial charge in [0.05, 0.1) is 12.2 Å². The minimum absolute atomic E-state index is 0. The highest BCUT2D eigenvalue weighted by Crippen LogP contribution is 2.17. The molecule has 0 atom stereocenters. The van der Waals surface area contributed by atoms with Crippen LogP contribution in [0.15, 0.2) is 4.99 Å². The summed E-state index contributed by atoms with van der Waals surface area (Å²) in [4.78, 5) is 21.9. The zero-order valence-corrected chi connectivity index (χ0v) is 18.5. The van der Waals surface area contributed by atoms with E-state index in [1.54, 1.807) is 18.4 Å². The number of aromatic nitrogens is 1. The third-order valence-corrected chi connectivity index (χ3v) is 5.39. The van der Waals surface area contributed by atoms with Crippen molar-refractivity contribution in [2.75, 3.05) is 13.6 Å². The molecule has 142 valence electrons. The molecule has 0 spiro atoms. The molecule has 1 aliphatic carbocycles. The van der Waals surface area contributed by atoms with E-state index in [2.05, 4.69) is 32.9 Å². The molecule has 0 saturated heterocycles. The van der Waals surface area contributed by atoms with Gasteiger partial charge in [0.1, 0.15) is 5.01 Å². The zero-order valence-electron chi connectivity index (χ0n) is 15.4. The Bertz CT molecular complexity index is 550. The van der Waals surface area contributed by atoms with Crippen LogP contribution in [0.4, 0.5) is 0 Å². The summed E-state index contributed by atoms with van der Waals surface area (Å²) in [5, 5.41) is 10.6. The minimum atomic E-state index is 0. The van der Waals surface area contributed by atoms with Crippen molar-refractivity contribution < 1.29 is 4.79 Å². The van der Waals surface area contributed by atoms with Crippen LogP contribution < -0.4 is 16.0 Å². The zero-order chi connectivity index (χ0) is 17.4. The van der Waals surface area contributed by atoms with E-state index < -0.39 is 0 Å². The van der Waals surface area contributed by atoms with Gasteiger partial charge < -0.3 is 16.0 Å². The van der Waals surface area contributed by atoms with E-state index in [4.69, 9.17) is 0 Å². The number of nitrogens with zero attached hydrogens (tertiary/aromatic N) is 2. The van der Waals surface area contributed by atoms with Crippen LogP contribution in [-0.4, -0.2) is 36.5 Å². The smallest absolute Gasteiger partial charge is 0.221 e. The highest BCUT2D eigenvalue weighted by Gasteiger charge is 2.15. The van der Waals surface area contributed by atoms with Crippen molar-refractivity contribution in [2.24, 2.45) is 4.99 Å². The molecule has 2 rings (SSSR count). The Kier molecular flexibility index (Phi) is 10.3. The van der Waals surface area contributed by atoms with Crippen molar-refractivity contribution in [3.8, 4) is 0 Å². The van der Waals surface area contributed by atoms with Crippen LogP contribution in [0.3, 0.4) is 0 Å². The van der Waals surface area contributed by atoms with Crippen LogP contribution in [0, 0.1) is 13.8 Å². The fourth-order valence-electron chi connectivity index (χ4n) is 2.84. The van der Waals surface area contributed by atoms with Gasteiger partial charge in [-0.3, -0.25) is 9.79 Å². The molecular weight excluding hydrogens is 449 g/mol. The van der Waals surface area contributed by atoms with Crippen LogP contribution in [0.2, 0.25) is 0 Å². The summed E-state index contributed by atoms with van der Waals surface area (Å²) in [6.07, 6.45) is 6.47. The minimum Gasteiger partial charge on any atom is -0.356 e. The molecule has 0 aromatic carbocycles. The number of aliphatic imine (C=N–C) groups is 1. The number of rotatable bonds is 6. The fraction of sp³-hybridized carbons (Fsp3) is 0.706. The maximum atomic E-state index is 12.0. The highest BCUT2D eigenvalue weighted by atomic mass is 127.